The maximum atomic E-state index is 9.81. The number of nitrogens with one attached hydrogen (secondary N) is 1. The number of nitrogens with zero attached hydrogens (tertiary/aromatic N) is 1. The second kappa shape index (κ2) is 4.85. The van der Waals surface area contributed by atoms with E-state index in [1.165, 1.54) is 11.8 Å². The number of aromatic hydroxyl groups is 2. The van der Waals surface area contributed by atoms with Gasteiger partial charge in [0.2, 0.25) is 0 Å². The Bertz CT molecular complexity index is 626. The zero-order chi connectivity index (χ0) is 13.2. The molecule has 3 rings (SSSR count). The molecule has 96 valence electrons. The van der Waals surface area contributed by atoms with Gasteiger partial charge >= 0.3 is 0 Å². The standard InChI is InChI=1S/C14H12N2O2S/c17-10-7-5-9(6-8-10)13-15-16-14(19-13)11-3-1-2-4-12(11)18/h1-8,13,15,17-18H/t13-/m0/s1. The van der Waals surface area contributed by atoms with Gasteiger partial charge in [-0.25, -0.2) is 0 Å². The van der Waals surface area contributed by atoms with Crippen molar-refractivity contribution in [3.05, 3.63) is 59.7 Å². The highest BCUT2D eigenvalue weighted by Crippen LogP contribution is 2.36. The lowest BCUT2D eigenvalue weighted by Crippen LogP contribution is -2.05. The topological polar surface area (TPSA) is 64.8 Å². The number of hydrogen-bond acceptors (Lipinski definition) is 5. The summed E-state index contributed by atoms with van der Waals surface area (Å²) < 4.78 is 0. The van der Waals surface area contributed by atoms with E-state index in [0.29, 0.717) is 0 Å². The third-order valence-electron chi connectivity index (χ3n) is 2.84. The molecule has 0 saturated heterocycles. The number of hydrazone groups is 1. The van der Waals surface area contributed by atoms with Crippen molar-refractivity contribution >= 4 is 16.8 Å². The second-order valence-electron chi connectivity index (χ2n) is 4.15. The van der Waals surface area contributed by atoms with Gasteiger partial charge in [-0.3, -0.25) is 5.43 Å². The van der Waals surface area contributed by atoms with Crippen molar-refractivity contribution in [2.45, 2.75) is 5.37 Å². The summed E-state index contributed by atoms with van der Waals surface area (Å²) in [5, 5.41) is 24.1. The maximum Gasteiger partial charge on any atom is 0.129 e. The molecule has 0 radical (unpaired) electrons. The average Bonchev–Trinajstić information content (AvgIpc) is 2.89. The monoisotopic (exact) mass is 272 g/mol. The Morgan fingerprint density at radius 1 is 1.00 bits per heavy atom. The minimum atomic E-state index is -0.00444. The van der Waals surface area contributed by atoms with Crippen molar-refractivity contribution in [3.8, 4) is 11.5 Å². The molecule has 0 aromatic heterocycles. The van der Waals surface area contributed by atoms with E-state index < -0.39 is 0 Å². The van der Waals surface area contributed by atoms with E-state index in [2.05, 4.69) is 10.5 Å². The first-order chi connectivity index (χ1) is 9.24. The molecular formula is C14H12N2O2S. The first-order valence-electron chi connectivity index (χ1n) is 5.81. The molecule has 0 amide bonds. The first kappa shape index (κ1) is 11.9. The molecule has 0 unspecified atom stereocenters. The van der Waals surface area contributed by atoms with Gasteiger partial charge in [0.05, 0.1) is 5.56 Å². The van der Waals surface area contributed by atoms with Crippen LogP contribution in [-0.4, -0.2) is 15.3 Å². The second-order valence-corrected chi connectivity index (χ2v) is 5.25. The molecule has 0 aliphatic carbocycles. The zero-order valence-corrected chi connectivity index (χ0v) is 10.8. The molecule has 4 nitrogen and oxygen atoms in total. The largest absolute Gasteiger partial charge is 0.508 e. The lowest BCUT2D eigenvalue weighted by atomic mass is 10.2. The van der Waals surface area contributed by atoms with Crippen LogP contribution >= 0.6 is 11.8 Å². The molecule has 0 bridgehead atoms. The van der Waals surface area contributed by atoms with Gasteiger partial charge in [-0.2, -0.15) is 5.10 Å². The molecule has 1 heterocycles. The van der Waals surface area contributed by atoms with Crippen LogP contribution in [0.5, 0.6) is 11.5 Å². The number of phenols is 2. The van der Waals surface area contributed by atoms with Crippen LogP contribution in [-0.2, 0) is 0 Å². The van der Waals surface area contributed by atoms with Crippen molar-refractivity contribution in [2.24, 2.45) is 5.10 Å². The number of rotatable bonds is 2. The first-order valence-corrected chi connectivity index (χ1v) is 6.69. The highest BCUT2D eigenvalue weighted by Gasteiger charge is 2.23. The molecule has 1 aliphatic heterocycles. The summed E-state index contributed by atoms with van der Waals surface area (Å²) in [5.41, 5.74) is 4.77. The molecule has 0 saturated carbocycles. The summed E-state index contributed by atoms with van der Waals surface area (Å²) in [6.45, 7) is 0. The highest BCUT2D eigenvalue weighted by molar-refractivity contribution is 8.14. The van der Waals surface area contributed by atoms with Gasteiger partial charge in [0.15, 0.2) is 0 Å². The van der Waals surface area contributed by atoms with Gasteiger partial charge in [0.25, 0.3) is 0 Å². The SMILES string of the molecule is Oc1ccc([C@H]2NN=C(c3ccccc3O)S2)cc1. The minimum absolute atomic E-state index is 0.00444. The van der Waals surface area contributed by atoms with Crippen molar-refractivity contribution in [1.82, 2.24) is 5.43 Å². The minimum Gasteiger partial charge on any atom is -0.508 e. The highest BCUT2D eigenvalue weighted by atomic mass is 32.2. The molecule has 19 heavy (non-hydrogen) atoms. The Morgan fingerprint density at radius 3 is 2.47 bits per heavy atom. The van der Waals surface area contributed by atoms with Gasteiger partial charge < -0.3 is 10.2 Å². The smallest absolute Gasteiger partial charge is 0.129 e. The Morgan fingerprint density at radius 2 is 1.74 bits per heavy atom. The fraction of sp³-hybridized carbons (Fsp3) is 0.0714. The van der Waals surface area contributed by atoms with Crippen LogP contribution < -0.4 is 5.43 Å². The van der Waals surface area contributed by atoms with Crippen LogP contribution in [0.4, 0.5) is 0 Å². The van der Waals surface area contributed by atoms with Crippen LogP contribution in [0.2, 0.25) is 0 Å². The van der Waals surface area contributed by atoms with E-state index in [0.717, 1.165) is 16.2 Å². The summed E-state index contributed by atoms with van der Waals surface area (Å²) in [4.78, 5) is 0. The number of phenolic OH excluding ortho intramolecular Hbond substituents is 2. The molecular weight excluding hydrogens is 260 g/mol. The summed E-state index contributed by atoms with van der Waals surface area (Å²) in [6, 6.07) is 14.1. The van der Waals surface area contributed by atoms with E-state index in [-0.39, 0.29) is 16.9 Å². The number of benzene rings is 2. The Hall–Kier alpha value is -2.14. The zero-order valence-electron chi connectivity index (χ0n) is 9.95. The van der Waals surface area contributed by atoms with Crippen LogP contribution in [0.15, 0.2) is 53.6 Å². The van der Waals surface area contributed by atoms with Gasteiger partial charge in [0, 0.05) is 0 Å². The number of para-hydroxylation sites is 1. The van der Waals surface area contributed by atoms with E-state index in [4.69, 9.17) is 0 Å². The van der Waals surface area contributed by atoms with Crippen molar-refractivity contribution in [1.29, 1.82) is 0 Å². The van der Waals surface area contributed by atoms with E-state index in [9.17, 15) is 10.2 Å². The predicted molar refractivity (Wildman–Crippen MR) is 76.2 cm³/mol. The predicted octanol–water partition coefficient (Wildman–Crippen LogP) is 2.79. The normalized spacial score (nSPS) is 17.9. The van der Waals surface area contributed by atoms with E-state index >= 15 is 0 Å². The summed E-state index contributed by atoms with van der Waals surface area (Å²) in [7, 11) is 0. The fourth-order valence-corrected chi connectivity index (χ4v) is 2.88. The average molecular weight is 272 g/mol. The third-order valence-corrected chi connectivity index (χ3v) is 3.99. The van der Waals surface area contributed by atoms with E-state index in [1.807, 2.05) is 24.3 Å². The molecule has 1 atom stereocenters. The maximum absolute atomic E-state index is 9.81. The van der Waals surface area contributed by atoms with Crippen LogP contribution in [0.3, 0.4) is 0 Å². The van der Waals surface area contributed by atoms with Crippen molar-refractivity contribution < 1.29 is 10.2 Å². The summed E-state index contributed by atoms with van der Waals surface area (Å²) >= 11 is 1.53. The van der Waals surface area contributed by atoms with Gasteiger partial charge in [-0.1, -0.05) is 36.0 Å². The molecule has 0 spiro atoms. The molecule has 2 aromatic rings. The van der Waals surface area contributed by atoms with Gasteiger partial charge in [-0.15, -0.1) is 0 Å². The van der Waals surface area contributed by atoms with Crippen LogP contribution in [0, 0.1) is 0 Å². The Labute approximate surface area is 114 Å². The van der Waals surface area contributed by atoms with Crippen molar-refractivity contribution in [2.75, 3.05) is 0 Å². The lowest BCUT2D eigenvalue weighted by Gasteiger charge is -2.09. The quantitative estimate of drug-likeness (QED) is 0.786. The van der Waals surface area contributed by atoms with Gasteiger partial charge in [0.1, 0.15) is 21.9 Å². The van der Waals surface area contributed by atoms with E-state index in [1.54, 1.807) is 24.3 Å². The van der Waals surface area contributed by atoms with Crippen molar-refractivity contribution in [3.63, 3.8) is 0 Å². The summed E-state index contributed by atoms with van der Waals surface area (Å²) in [6.07, 6.45) is 0. The molecule has 3 N–H and O–H groups in total. The fourth-order valence-electron chi connectivity index (χ4n) is 1.85. The molecule has 0 fully saturated rings. The Kier molecular flexibility index (Phi) is 3.05. The number of thioether (sulfide) groups is 1. The summed E-state index contributed by atoms with van der Waals surface area (Å²) in [5.74, 6) is 0.468. The molecule has 1 aliphatic rings. The van der Waals surface area contributed by atoms with Crippen LogP contribution in [0.1, 0.15) is 16.5 Å². The lowest BCUT2D eigenvalue weighted by molar-refractivity contribution is 0.474. The number of hydrogen-bond donors (Lipinski definition) is 3. The molecule has 5 heteroatoms. The van der Waals surface area contributed by atoms with Crippen LogP contribution in [0.25, 0.3) is 0 Å². The third kappa shape index (κ3) is 2.37. The molecule has 2 aromatic carbocycles. The van der Waals surface area contributed by atoms with Gasteiger partial charge in [-0.05, 0) is 29.8 Å². The Balaban J connectivity index is 1.80.